The van der Waals surface area contributed by atoms with Crippen molar-refractivity contribution in [1.29, 1.82) is 0 Å². The number of amides is 2. The molecule has 14 heteroatoms. The third kappa shape index (κ3) is 5.66. The molecule has 2 amide bonds. The maximum atomic E-state index is 13.3. The largest absolute Gasteiger partial charge is 0.435 e. The Morgan fingerprint density at radius 3 is 2.33 bits per heavy atom. The molecule has 1 saturated heterocycles. The number of carbonyl (C=O) groups is 1. The number of carbonyl (C=O) groups excluding carboxylic acids is 1. The molecule has 36 heavy (non-hydrogen) atoms. The van der Waals surface area contributed by atoms with Crippen molar-refractivity contribution in [1.82, 2.24) is 25.0 Å². The monoisotopic (exact) mass is 532 g/mol. The second-order valence-corrected chi connectivity index (χ2v) is 8.35. The Morgan fingerprint density at radius 2 is 1.69 bits per heavy atom. The van der Waals surface area contributed by atoms with Gasteiger partial charge in [0.1, 0.15) is 5.82 Å². The summed E-state index contributed by atoms with van der Waals surface area (Å²) in [6.07, 6.45) is -8.00. The molecule has 1 N–H and O–H groups in total. The Bertz CT molecular complexity index is 1240. The number of rotatable bonds is 4. The SMILES string of the molecule is O=C(NCc1cc(C(F)(F)F)nn1-c1cccc(Cl)c1)N1CCN(c2ncccc2C(F)(F)F)CC1. The second kappa shape index (κ2) is 9.88. The van der Waals surface area contributed by atoms with Gasteiger partial charge in [-0.25, -0.2) is 14.5 Å². The summed E-state index contributed by atoms with van der Waals surface area (Å²) in [4.78, 5) is 19.3. The van der Waals surface area contributed by atoms with Crippen molar-refractivity contribution in [2.75, 3.05) is 31.1 Å². The maximum Gasteiger partial charge on any atom is 0.435 e. The van der Waals surface area contributed by atoms with E-state index in [0.29, 0.717) is 5.02 Å². The molecule has 1 fully saturated rings. The van der Waals surface area contributed by atoms with Crippen LogP contribution >= 0.6 is 11.6 Å². The Labute approximate surface area is 206 Å². The number of piperazine rings is 1. The number of pyridine rings is 1. The average Bonchev–Trinajstić information content (AvgIpc) is 3.27. The van der Waals surface area contributed by atoms with Crippen LogP contribution in [0.4, 0.5) is 37.0 Å². The van der Waals surface area contributed by atoms with Gasteiger partial charge in [0.05, 0.1) is 23.5 Å². The number of urea groups is 1. The quantitative estimate of drug-likeness (QED) is 0.481. The first-order valence-electron chi connectivity index (χ1n) is 10.7. The minimum atomic E-state index is -4.69. The summed E-state index contributed by atoms with van der Waals surface area (Å²) in [7, 11) is 0. The lowest BCUT2D eigenvalue weighted by molar-refractivity contribution is -0.141. The number of nitrogens with zero attached hydrogens (tertiary/aromatic N) is 5. The molecule has 0 saturated carbocycles. The predicted molar refractivity (Wildman–Crippen MR) is 119 cm³/mol. The van der Waals surface area contributed by atoms with Gasteiger partial charge in [-0.1, -0.05) is 17.7 Å². The van der Waals surface area contributed by atoms with Crippen molar-refractivity contribution in [3.05, 3.63) is 70.6 Å². The van der Waals surface area contributed by atoms with Crippen molar-refractivity contribution >= 4 is 23.4 Å². The van der Waals surface area contributed by atoms with Crippen LogP contribution in [-0.2, 0) is 18.9 Å². The van der Waals surface area contributed by atoms with Gasteiger partial charge in [-0.2, -0.15) is 31.4 Å². The smallest absolute Gasteiger partial charge is 0.353 e. The first-order valence-corrected chi connectivity index (χ1v) is 11.0. The van der Waals surface area contributed by atoms with Crippen LogP contribution in [0.5, 0.6) is 0 Å². The van der Waals surface area contributed by atoms with Gasteiger partial charge in [0.2, 0.25) is 0 Å². The molecule has 0 spiro atoms. The van der Waals surface area contributed by atoms with E-state index >= 15 is 0 Å². The van der Waals surface area contributed by atoms with E-state index in [2.05, 4.69) is 15.4 Å². The molecular weight excluding hydrogens is 514 g/mol. The van der Waals surface area contributed by atoms with E-state index in [-0.39, 0.29) is 49.9 Å². The first-order chi connectivity index (χ1) is 16.9. The number of alkyl halides is 6. The molecule has 1 aliphatic heterocycles. The molecule has 1 aliphatic rings. The number of hydrogen-bond donors (Lipinski definition) is 1. The van der Waals surface area contributed by atoms with Crippen LogP contribution < -0.4 is 10.2 Å². The highest BCUT2D eigenvalue weighted by Crippen LogP contribution is 2.35. The molecule has 4 rings (SSSR count). The summed E-state index contributed by atoms with van der Waals surface area (Å²) in [6, 6.07) is 8.48. The van der Waals surface area contributed by atoms with Crippen molar-refractivity contribution in [3.63, 3.8) is 0 Å². The lowest BCUT2D eigenvalue weighted by Crippen LogP contribution is -2.52. The molecule has 0 aliphatic carbocycles. The van der Waals surface area contributed by atoms with Gasteiger partial charge in [0, 0.05) is 37.4 Å². The number of benzene rings is 1. The van der Waals surface area contributed by atoms with Gasteiger partial charge in [0.15, 0.2) is 5.69 Å². The van der Waals surface area contributed by atoms with Gasteiger partial charge < -0.3 is 15.1 Å². The summed E-state index contributed by atoms with van der Waals surface area (Å²) >= 11 is 5.95. The molecule has 0 atom stereocenters. The normalized spacial score (nSPS) is 14.8. The van der Waals surface area contributed by atoms with E-state index in [1.165, 1.54) is 34.2 Å². The Morgan fingerprint density at radius 1 is 0.972 bits per heavy atom. The van der Waals surface area contributed by atoms with Crippen molar-refractivity contribution in [3.8, 4) is 5.69 Å². The predicted octanol–water partition coefficient (Wildman–Crippen LogP) is 4.99. The third-order valence-corrected chi connectivity index (χ3v) is 5.74. The van der Waals surface area contributed by atoms with Gasteiger partial charge in [0.25, 0.3) is 0 Å². The van der Waals surface area contributed by atoms with E-state index in [1.54, 1.807) is 12.1 Å². The van der Waals surface area contributed by atoms with Crippen molar-refractivity contribution < 1.29 is 31.1 Å². The minimum Gasteiger partial charge on any atom is -0.353 e. The van der Waals surface area contributed by atoms with Crippen LogP contribution in [-0.4, -0.2) is 51.9 Å². The summed E-state index contributed by atoms with van der Waals surface area (Å²) < 4.78 is 80.7. The zero-order chi connectivity index (χ0) is 26.1. The van der Waals surface area contributed by atoms with Gasteiger partial charge in [-0.3, -0.25) is 0 Å². The van der Waals surface area contributed by atoms with E-state index in [0.717, 1.165) is 16.8 Å². The highest BCUT2D eigenvalue weighted by molar-refractivity contribution is 6.30. The second-order valence-electron chi connectivity index (χ2n) is 7.92. The molecule has 3 heterocycles. The lowest BCUT2D eigenvalue weighted by atomic mass is 10.2. The van der Waals surface area contributed by atoms with E-state index in [4.69, 9.17) is 11.6 Å². The zero-order valence-electron chi connectivity index (χ0n) is 18.4. The number of hydrogen-bond acceptors (Lipinski definition) is 4. The highest BCUT2D eigenvalue weighted by Gasteiger charge is 2.37. The molecule has 3 aromatic rings. The van der Waals surface area contributed by atoms with Crippen LogP contribution in [0.1, 0.15) is 17.0 Å². The fraction of sp³-hybridized carbons (Fsp3) is 0.318. The van der Waals surface area contributed by atoms with Gasteiger partial charge in [-0.15, -0.1) is 0 Å². The topological polar surface area (TPSA) is 66.3 Å². The number of anilines is 1. The van der Waals surface area contributed by atoms with Crippen LogP contribution in [0.2, 0.25) is 5.02 Å². The fourth-order valence-electron chi connectivity index (χ4n) is 3.79. The summed E-state index contributed by atoms with van der Waals surface area (Å²) in [5.41, 5.74) is -1.64. The van der Waals surface area contributed by atoms with E-state index in [1.807, 2.05) is 0 Å². The molecule has 1 aromatic carbocycles. The first kappa shape index (κ1) is 25.6. The van der Waals surface area contributed by atoms with Gasteiger partial charge in [-0.05, 0) is 36.4 Å². The number of nitrogens with one attached hydrogen (secondary N) is 1. The highest BCUT2D eigenvalue weighted by atomic mass is 35.5. The summed E-state index contributed by atoms with van der Waals surface area (Å²) in [5.74, 6) is -0.213. The molecule has 0 unspecified atom stereocenters. The minimum absolute atomic E-state index is 0.0693. The third-order valence-electron chi connectivity index (χ3n) is 5.51. The van der Waals surface area contributed by atoms with E-state index < -0.39 is 29.6 Å². The maximum absolute atomic E-state index is 13.3. The zero-order valence-corrected chi connectivity index (χ0v) is 19.2. The molecular formula is C22H19ClF6N6O. The molecule has 0 bridgehead atoms. The lowest BCUT2D eigenvalue weighted by Gasteiger charge is -2.36. The van der Waals surface area contributed by atoms with Crippen LogP contribution in [0.3, 0.4) is 0 Å². The Kier molecular flexibility index (Phi) is 7.03. The number of halogens is 7. The molecule has 192 valence electrons. The average molecular weight is 533 g/mol. The molecule has 2 aromatic heterocycles. The standard InChI is InChI=1S/C22H19ClF6N6O/c23-14-3-1-4-15(11-14)35-16(12-18(32-35)22(27,28)29)13-31-20(36)34-9-7-33(8-10-34)19-17(21(24,25)26)5-2-6-30-19/h1-6,11-12H,7-10,13H2,(H,31,36). The summed E-state index contributed by atoms with van der Waals surface area (Å²) in [5, 5.41) is 6.47. The van der Waals surface area contributed by atoms with Crippen LogP contribution in [0, 0.1) is 0 Å². The summed E-state index contributed by atoms with van der Waals surface area (Å²) in [6.45, 7) is 0.133. The van der Waals surface area contributed by atoms with Gasteiger partial charge >= 0.3 is 18.4 Å². The van der Waals surface area contributed by atoms with Crippen LogP contribution in [0.15, 0.2) is 48.7 Å². The Hall–Kier alpha value is -3.48. The fourth-order valence-corrected chi connectivity index (χ4v) is 3.97. The number of aromatic nitrogens is 3. The van der Waals surface area contributed by atoms with Crippen LogP contribution in [0.25, 0.3) is 5.69 Å². The van der Waals surface area contributed by atoms with E-state index in [9.17, 15) is 31.1 Å². The molecule has 0 radical (unpaired) electrons. The van der Waals surface area contributed by atoms with Crippen molar-refractivity contribution in [2.24, 2.45) is 0 Å². The Balaban J connectivity index is 1.43. The molecule has 7 nitrogen and oxygen atoms in total. The van der Waals surface area contributed by atoms with Crippen molar-refractivity contribution in [2.45, 2.75) is 18.9 Å².